The molecule has 51 heavy (non-hydrogen) atoms. The van der Waals surface area contributed by atoms with Crippen LogP contribution in [0.15, 0.2) is 59.5 Å². The van der Waals surface area contributed by atoms with Gasteiger partial charge in [0.25, 0.3) is 0 Å². The molecule has 1 saturated carbocycles. The van der Waals surface area contributed by atoms with E-state index in [0.717, 1.165) is 56.6 Å². The maximum absolute atomic E-state index is 13.9. The third-order valence-corrected chi connectivity index (χ3v) is 10.4. The van der Waals surface area contributed by atoms with Crippen LogP contribution < -0.4 is 22.5 Å². The van der Waals surface area contributed by atoms with Crippen LogP contribution >= 0.6 is 0 Å². The highest BCUT2D eigenvalue weighted by Gasteiger charge is 2.33. The predicted octanol–water partition coefficient (Wildman–Crippen LogP) is 6.63. The fourth-order valence-electron chi connectivity index (χ4n) is 7.49. The highest BCUT2D eigenvalue weighted by molar-refractivity contribution is 5.83. The van der Waals surface area contributed by atoms with Crippen molar-refractivity contribution in [1.29, 1.82) is 5.41 Å². The number of halogens is 4. The predicted molar refractivity (Wildman–Crippen MR) is 193 cm³/mol. The van der Waals surface area contributed by atoms with Gasteiger partial charge in [-0.3, -0.25) is 19.3 Å². The molecule has 3 heterocycles. The average Bonchev–Trinajstić information content (AvgIpc) is 3.89. The lowest BCUT2D eigenvalue weighted by atomic mass is 9.89. The maximum atomic E-state index is 13.9. The molecule has 274 valence electrons. The highest BCUT2D eigenvalue weighted by atomic mass is 19.4. The van der Waals surface area contributed by atoms with Crippen molar-refractivity contribution in [3.63, 3.8) is 0 Å². The number of alkyl halides is 4. The lowest BCUT2D eigenvalue weighted by Crippen LogP contribution is -2.44. The molecule has 2 aliphatic rings. The first-order valence-electron chi connectivity index (χ1n) is 18.1. The van der Waals surface area contributed by atoms with Crippen molar-refractivity contribution in [2.24, 2.45) is 17.4 Å². The molecule has 1 saturated heterocycles. The van der Waals surface area contributed by atoms with Crippen molar-refractivity contribution in [1.82, 2.24) is 24.8 Å². The lowest BCUT2D eigenvalue weighted by Gasteiger charge is -2.43. The molecule has 4 aromatic rings. The number of hydrogen-bond acceptors (Lipinski definition) is 6. The van der Waals surface area contributed by atoms with Crippen LogP contribution in [-0.2, 0) is 12.6 Å². The Kier molecular flexibility index (Phi) is 11.6. The molecule has 2 fully saturated rings. The van der Waals surface area contributed by atoms with E-state index >= 15 is 0 Å². The van der Waals surface area contributed by atoms with E-state index in [0.29, 0.717) is 77.6 Å². The number of nitrogens with one attached hydrogen (secondary N) is 3. The number of nitrogens with zero attached hydrogens (tertiary/aromatic N) is 3. The van der Waals surface area contributed by atoms with Crippen LogP contribution in [0.25, 0.3) is 28.0 Å². The van der Waals surface area contributed by atoms with Gasteiger partial charge < -0.3 is 21.8 Å². The van der Waals surface area contributed by atoms with Crippen LogP contribution in [0.2, 0.25) is 0 Å². The number of fused-ring (bicyclic) bond motifs is 1. The van der Waals surface area contributed by atoms with Crippen molar-refractivity contribution in [3.05, 3.63) is 81.9 Å². The lowest BCUT2D eigenvalue weighted by molar-refractivity contribution is -0.137. The zero-order valence-electron chi connectivity index (χ0n) is 28.8. The van der Waals surface area contributed by atoms with E-state index < -0.39 is 24.1 Å². The molecular formula is C38H48F4N8O. The molecule has 13 heteroatoms. The molecule has 1 unspecified atom stereocenters. The number of amidine groups is 1. The van der Waals surface area contributed by atoms with Crippen LogP contribution in [0.4, 0.5) is 17.6 Å². The van der Waals surface area contributed by atoms with Crippen molar-refractivity contribution in [2.45, 2.75) is 88.5 Å². The van der Waals surface area contributed by atoms with Gasteiger partial charge in [0.05, 0.1) is 24.5 Å². The smallest absolute Gasteiger partial charge is 0.373 e. The van der Waals surface area contributed by atoms with Crippen LogP contribution in [0, 0.1) is 11.3 Å². The third kappa shape index (κ3) is 9.06. The van der Waals surface area contributed by atoms with Gasteiger partial charge in [0.2, 0.25) is 0 Å². The summed E-state index contributed by atoms with van der Waals surface area (Å²) in [7, 11) is 0. The van der Waals surface area contributed by atoms with Crippen molar-refractivity contribution in [2.75, 3.05) is 26.3 Å². The Balaban J connectivity index is 1.22. The molecule has 2 aromatic carbocycles. The Morgan fingerprint density at radius 2 is 1.86 bits per heavy atom. The zero-order chi connectivity index (χ0) is 36.1. The van der Waals surface area contributed by atoms with E-state index in [2.05, 4.69) is 20.2 Å². The first-order valence-corrected chi connectivity index (χ1v) is 18.1. The van der Waals surface area contributed by atoms with Gasteiger partial charge in [0, 0.05) is 48.5 Å². The number of benzene rings is 2. The minimum atomic E-state index is -4.51. The van der Waals surface area contributed by atoms with Crippen LogP contribution in [0.3, 0.4) is 0 Å². The summed E-state index contributed by atoms with van der Waals surface area (Å²) in [6.45, 7) is 1.02. The third-order valence-electron chi connectivity index (χ3n) is 10.4. The molecular weight excluding hydrogens is 660 g/mol. The van der Waals surface area contributed by atoms with Gasteiger partial charge in [-0.2, -0.15) is 18.2 Å². The zero-order valence-corrected chi connectivity index (χ0v) is 28.8. The Morgan fingerprint density at radius 1 is 1.08 bits per heavy atom. The van der Waals surface area contributed by atoms with Gasteiger partial charge in [-0.05, 0) is 123 Å². The maximum Gasteiger partial charge on any atom is 0.416 e. The van der Waals surface area contributed by atoms with E-state index in [1.165, 1.54) is 10.6 Å². The van der Waals surface area contributed by atoms with Gasteiger partial charge in [0.15, 0.2) is 0 Å². The number of piperidine rings is 1. The summed E-state index contributed by atoms with van der Waals surface area (Å²) in [5.41, 5.74) is 13.9. The van der Waals surface area contributed by atoms with Crippen molar-refractivity contribution in [3.8, 4) is 16.9 Å². The van der Waals surface area contributed by atoms with Gasteiger partial charge >= 0.3 is 11.9 Å². The summed E-state index contributed by atoms with van der Waals surface area (Å²) < 4.78 is 56.6. The Bertz CT molecular complexity index is 1850. The van der Waals surface area contributed by atoms with E-state index in [-0.39, 0.29) is 24.7 Å². The number of nitrogens with two attached hydrogens (primary N) is 2. The van der Waals surface area contributed by atoms with E-state index in [1.54, 1.807) is 18.3 Å². The number of likely N-dealkylation sites (tertiary alicyclic amines) is 1. The number of aromatic amines is 1. The second kappa shape index (κ2) is 16.1. The molecule has 7 N–H and O–H groups in total. The molecule has 9 nitrogen and oxygen atoms in total. The van der Waals surface area contributed by atoms with Gasteiger partial charge in [-0.15, -0.1) is 0 Å². The standard InChI is InChI=1S/C38H48F4N8O/c39-15-3-17-49-30(14-16-46-35(45)22-43)5-2-7-34(49)26-10-12-31(13-11-26)50-23-28-21-33(47-36(28)48-37(50)51)27-18-24(19-29(20-27)38(40,41)42)4-1-6-32(44)25-8-9-25/h10-13,18-21,23,25,30,32,34H,1-9,14-17,22,43-44H2,(H2,45,46)(H,47,48,51)/t30-,32?,34-/m0/s1. The second-order valence-electron chi connectivity index (χ2n) is 14.1. The summed E-state index contributed by atoms with van der Waals surface area (Å²) in [6.07, 6.45) is 5.59. The van der Waals surface area contributed by atoms with Gasteiger partial charge in [-0.1, -0.05) is 12.1 Å². The normalized spacial score (nSPS) is 19.0. The summed E-state index contributed by atoms with van der Waals surface area (Å²) >= 11 is 0. The molecule has 0 spiro atoms. The van der Waals surface area contributed by atoms with E-state index in [4.69, 9.17) is 16.9 Å². The summed E-state index contributed by atoms with van der Waals surface area (Å²) in [6, 6.07) is 14.0. The summed E-state index contributed by atoms with van der Waals surface area (Å²) in [5, 5.41) is 11.4. The summed E-state index contributed by atoms with van der Waals surface area (Å²) in [4.78, 5) is 22.9. The molecule has 6 rings (SSSR count). The Hall–Kier alpha value is -4.07. The van der Waals surface area contributed by atoms with Crippen LogP contribution in [-0.4, -0.2) is 63.7 Å². The molecule has 2 aromatic heterocycles. The molecule has 3 atom stereocenters. The molecule has 0 radical (unpaired) electrons. The molecule has 0 bridgehead atoms. The monoisotopic (exact) mass is 708 g/mol. The number of aromatic nitrogens is 3. The first-order chi connectivity index (χ1) is 24.5. The van der Waals surface area contributed by atoms with Gasteiger partial charge in [0.1, 0.15) is 11.5 Å². The number of H-pyrrole nitrogens is 1. The highest BCUT2D eigenvalue weighted by Crippen LogP contribution is 2.37. The number of aryl methyl sites for hydroxylation is 1. The largest absolute Gasteiger partial charge is 0.416 e. The molecule has 1 aliphatic carbocycles. The van der Waals surface area contributed by atoms with Crippen molar-refractivity contribution >= 4 is 16.9 Å². The summed E-state index contributed by atoms with van der Waals surface area (Å²) in [5.74, 6) is 0.839. The number of rotatable bonds is 15. The van der Waals surface area contributed by atoms with Crippen LogP contribution in [0.5, 0.6) is 0 Å². The first kappa shape index (κ1) is 36.7. The Labute approximate surface area is 295 Å². The fourth-order valence-corrected chi connectivity index (χ4v) is 7.49. The van der Waals surface area contributed by atoms with Crippen LogP contribution in [0.1, 0.15) is 80.5 Å². The minimum Gasteiger partial charge on any atom is -0.373 e. The minimum absolute atomic E-state index is 0.0927. The van der Waals surface area contributed by atoms with Gasteiger partial charge in [-0.25, -0.2) is 4.79 Å². The fraction of sp³-hybridized carbons (Fsp3) is 0.500. The Morgan fingerprint density at radius 3 is 2.57 bits per heavy atom. The molecule has 1 aliphatic heterocycles. The van der Waals surface area contributed by atoms with Crippen molar-refractivity contribution < 1.29 is 17.6 Å². The quantitative estimate of drug-likeness (QED) is 0.0534. The average molecular weight is 709 g/mol. The topological polar surface area (TPSA) is 142 Å². The SMILES string of the molecule is N=C(CN)NCC[C@@H]1CCC[C@@H](c2ccc(-n3cc4cc(-c5cc(CCCC(N)C6CC6)cc(C(F)(F)F)c5)[nH]c4nc3=O)cc2)N1CCCF. The van der Waals surface area contributed by atoms with E-state index in [1.807, 2.05) is 24.3 Å². The number of hydrogen-bond donors (Lipinski definition) is 5. The molecule has 0 amide bonds. The second-order valence-corrected chi connectivity index (χ2v) is 14.1. The van der Waals surface area contributed by atoms with E-state index in [9.17, 15) is 22.4 Å².